The van der Waals surface area contributed by atoms with Gasteiger partial charge < -0.3 is 15.4 Å². The molecule has 2 N–H and O–H groups in total. The monoisotopic (exact) mass is 279 g/mol. The molecule has 1 aromatic rings. The summed E-state index contributed by atoms with van der Waals surface area (Å²) in [6, 6.07) is 4.00. The number of ether oxygens (including phenoxy) is 1. The lowest BCUT2D eigenvalue weighted by molar-refractivity contribution is -0.384. The van der Waals surface area contributed by atoms with Gasteiger partial charge in [0.1, 0.15) is 5.75 Å². The normalized spacial score (nSPS) is 19.2. The molecule has 7 nitrogen and oxygen atoms in total. The molecule has 1 aliphatic heterocycles. The topological polar surface area (TPSA) is 98.7 Å². The van der Waals surface area contributed by atoms with Crippen LogP contribution in [0.15, 0.2) is 18.2 Å². The summed E-state index contributed by atoms with van der Waals surface area (Å²) in [5.41, 5.74) is 5.97. The molecule has 0 aliphatic carbocycles. The Balaban J connectivity index is 2.53. The fraction of sp³-hybridized carbons (Fsp3) is 0.462. The number of carbonyl (C=O) groups excluding carboxylic acids is 1. The van der Waals surface area contributed by atoms with Crippen molar-refractivity contribution in [3.05, 3.63) is 28.3 Å². The van der Waals surface area contributed by atoms with Crippen molar-refractivity contribution in [1.82, 2.24) is 0 Å². The molecule has 1 aromatic carbocycles. The van der Waals surface area contributed by atoms with E-state index in [1.54, 1.807) is 6.92 Å². The zero-order valence-electron chi connectivity index (χ0n) is 11.4. The molecule has 2 atom stereocenters. The minimum absolute atomic E-state index is 0.0793. The highest BCUT2D eigenvalue weighted by Crippen LogP contribution is 2.38. The predicted octanol–water partition coefficient (Wildman–Crippen LogP) is 1.45. The SMILES string of the molecule is CCC1Oc2ccc([N+](=O)[O-])cc2N(C(C)CN)C1=O. The largest absolute Gasteiger partial charge is 0.478 e. The third kappa shape index (κ3) is 2.32. The Kier molecular flexibility index (Phi) is 3.89. The van der Waals surface area contributed by atoms with Crippen molar-refractivity contribution in [2.45, 2.75) is 32.4 Å². The molecule has 0 spiro atoms. The Morgan fingerprint density at radius 3 is 2.80 bits per heavy atom. The quantitative estimate of drug-likeness (QED) is 0.664. The molecule has 1 aliphatic rings. The average Bonchev–Trinajstić information content (AvgIpc) is 2.45. The van der Waals surface area contributed by atoms with E-state index in [1.807, 2.05) is 6.92 Å². The van der Waals surface area contributed by atoms with Crippen LogP contribution in [0.25, 0.3) is 0 Å². The number of non-ortho nitro benzene ring substituents is 1. The first-order valence-electron chi connectivity index (χ1n) is 6.47. The molecule has 0 fully saturated rings. The van der Waals surface area contributed by atoms with Crippen LogP contribution in [0.5, 0.6) is 5.75 Å². The Bertz CT molecular complexity index is 546. The molecule has 0 radical (unpaired) electrons. The van der Waals surface area contributed by atoms with E-state index in [-0.39, 0.29) is 24.2 Å². The summed E-state index contributed by atoms with van der Waals surface area (Å²) < 4.78 is 5.60. The molecular formula is C13H17N3O4. The molecule has 20 heavy (non-hydrogen) atoms. The Labute approximate surface area is 116 Å². The minimum Gasteiger partial charge on any atom is -0.478 e. The maximum atomic E-state index is 12.4. The Hall–Kier alpha value is -2.15. The van der Waals surface area contributed by atoms with Crippen molar-refractivity contribution in [1.29, 1.82) is 0 Å². The third-order valence-electron chi connectivity index (χ3n) is 3.35. The highest BCUT2D eigenvalue weighted by molar-refractivity contribution is 6.00. The van der Waals surface area contributed by atoms with Crippen molar-refractivity contribution < 1.29 is 14.5 Å². The van der Waals surface area contributed by atoms with E-state index in [0.717, 1.165) is 0 Å². The summed E-state index contributed by atoms with van der Waals surface area (Å²) in [4.78, 5) is 24.2. The summed E-state index contributed by atoms with van der Waals surface area (Å²) in [6.07, 6.45) is -0.0405. The van der Waals surface area contributed by atoms with Gasteiger partial charge >= 0.3 is 0 Å². The number of fused-ring (bicyclic) bond motifs is 1. The minimum atomic E-state index is -0.571. The number of nitro benzene ring substituents is 1. The van der Waals surface area contributed by atoms with Gasteiger partial charge in [-0.25, -0.2) is 0 Å². The number of rotatable bonds is 4. The number of nitrogens with two attached hydrogens (primary N) is 1. The molecule has 1 heterocycles. The van der Waals surface area contributed by atoms with Crippen molar-refractivity contribution in [2.75, 3.05) is 11.4 Å². The lowest BCUT2D eigenvalue weighted by atomic mass is 10.1. The zero-order chi connectivity index (χ0) is 14.9. The van der Waals surface area contributed by atoms with E-state index >= 15 is 0 Å². The number of nitrogens with zero attached hydrogens (tertiary/aromatic N) is 2. The number of hydrogen-bond donors (Lipinski definition) is 1. The fourth-order valence-electron chi connectivity index (χ4n) is 2.20. The van der Waals surface area contributed by atoms with Gasteiger partial charge in [-0.1, -0.05) is 6.92 Å². The molecular weight excluding hydrogens is 262 g/mol. The van der Waals surface area contributed by atoms with Gasteiger partial charge in [0.25, 0.3) is 11.6 Å². The second-order valence-corrected chi connectivity index (χ2v) is 4.72. The molecule has 1 amide bonds. The second kappa shape index (κ2) is 5.46. The van der Waals surface area contributed by atoms with Crippen molar-refractivity contribution in [3.8, 4) is 5.75 Å². The van der Waals surface area contributed by atoms with Gasteiger partial charge in [0, 0.05) is 24.7 Å². The lowest BCUT2D eigenvalue weighted by Gasteiger charge is -2.37. The lowest BCUT2D eigenvalue weighted by Crippen LogP contribution is -2.51. The fourth-order valence-corrected chi connectivity index (χ4v) is 2.20. The zero-order valence-corrected chi connectivity index (χ0v) is 11.4. The number of anilines is 1. The first kappa shape index (κ1) is 14.3. The van der Waals surface area contributed by atoms with Crippen molar-refractivity contribution in [2.24, 2.45) is 5.73 Å². The van der Waals surface area contributed by atoms with E-state index in [0.29, 0.717) is 17.9 Å². The van der Waals surface area contributed by atoms with Gasteiger partial charge in [0.15, 0.2) is 6.10 Å². The summed E-state index contributed by atoms with van der Waals surface area (Å²) in [7, 11) is 0. The molecule has 2 rings (SSSR count). The third-order valence-corrected chi connectivity index (χ3v) is 3.35. The molecule has 0 saturated carbocycles. The van der Waals surface area contributed by atoms with Crippen molar-refractivity contribution in [3.63, 3.8) is 0 Å². The summed E-state index contributed by atoms with van der Waals surface area (Å²) in [5, 5.41) is 10.9. The van der Waals surface area contributed by atoms with Crippen LogP contribution in [0.4, 0.5) is 11.4 Å². The van der Waals surface area contributed by atoms with Gasteiger partial charge in [-0.3, -0.25) is 14.9 Å². The van der Waals surface area contributed by atoms with Crippen molar-refractivity contribution >= 4 is 17.3 Å². The van der Waals surface area contributed by atoms with E-state index in [9.17, 15) is 14.9 Å². The van der Waals surface area contributed by atoms with Crippen LogP contribution in [-0.2, 0) is 4.79 Å². The average molecular weight is 279 g/mol. The predicted molar refractivity (Wildman–Crippen MR) is 73.8 cm³/mol. The Morgan fingerprint density at radius 1 is 1.55 bits per heavy atom. The number of carbonyl (C=O) groups is 1. The highest BCUT2D eigenvalue weighted by Gasteiger charge is 2.36. The maximum Gasteiger partial charge on any atom is 0.271 e. The smallest absolute Gasteiger partial charge is 0.271 e. The summed E-state index contributed by atoms with van der Waals surface area (Å²) >= 11 is 0. The van der Waals surface area contributed by atoms with Crippen LogP contribution < -0.4 is 15.4 Å². The van der Waals surface area contributed by atoms with Gasteiger partial charge in [-0.2, -0.15) is 0 Å². The van der Waals surface area contributed by atoms with E-state index in [4.69, 9.17) is 10.5 Å². The molecule has 0 bridgehead atoms. The van der Waals surface area contributed by atoms with Gasteiger partial charge in [-0.05, 0) is 19.4 Å². The van der Waals surface area contributed by atoms with E-state index in [2.05, 4.69) is 0 Å². The first-order chi connectivity index (χ1) is 9.49. The number of amides is 1. The molecule has 7 heteroatoms. The van der Waals surface area contributed by atoms with Gasteiger partial charge in [-0.15, -0.1) is 0 Å². The first-order valence-corrected chi connectivity index (χ1v) is 6.47. The number of nitro groups is 1. The second-order valence-electron chi connectivity index (χ2n) is 4.72. The highest BCUT2D eigenvalue weighted by atomic mass is 16.6. The standard InChI is InChI=1S/C13H17N3O4/c1-3-11-13(17)15(8(2)7-14)10-6-9(16(18)19)4-5-12(10)20-11/h4-6,8,11H,3,7,14H2,1-2H3. The van der Waals surface area contributed by atoms with Crippen LogP contribution in [0, 0.1) is 10.1 Å². The van der Waals surface area contributed by atoms with E-state index in [1.165, 1.54) is 23.1 Å². The van der Waals surface area contributed by atoms with Crippen LogP contribution in [-0.4, -0.2) is 29.5 Å². The molecule has 0 saturated heterocycles. The van der Waals surface area contributed by atoms with E-state index < -0.39 is 11.0 Å². The molecule has 2 unspecified atom stereocenters. The molecule has 108 valence electrons. The van der Waals surface area contributed by atoms with Gasteiger partial charge in [0.2, 0.25) is 0 Å². The molecule has 0 aromatic heterocycles. The van der Waals surface area contributed by atoms with Crippen LogP contribution in [0.3, 0.4) is 0 Å². The Morgan fingerprint density at radius 2 is 2.25 bits per heavy atom. The number of hydrogen-bond acceptors (Lipinski definition) is 5. The maximum absolute atomic E-state index is 12.4. The summed E-state index contributed by atoms with van der Waals surface area (Å²) in [6.45, 7) is 3.92. The van der Waals surface area contributed by atoms with Crippen LogP contribution in [0.1, 0.15) is 20.3 Å². The van der Waals surface area contributed by atoms with Gasteiger partial charge in [0.05, 0.1) is 10.6 Å². The van der Waals surface area contributed by atoms with Crippen LogP contribution >= 0.6 is 0 Å². The van der Waals surface area contributed by atoms with Crippen LogP contribution in [0.2, 0.25) is 0 Å². The number of benzene rings is 1. The summed E-state index contributed by atoms with van der Waals surface area (Å²) in [5.74, 6) is 0.265.